The van der Waals surface area contributed by atoms with Crippen LogP contribution in [0.5, 0.6) is 0 Å². The summed E-state index contributed by atoms with van der Waals surface area (Å²) in [6.45, 7) is 0. The molecule has 2 aromatic rings. The third-order valence-electron chi connectivity index (χ3n) is 2.91. The number of benzene rings is 2. The summed E-state index contributed by atoms with van der Waals surface area (Å²) >= 11 is 0. The SMILES string of the molecule is CS(C)(C)B(c1ccccc1)c1ccccc1. The van der Waals surface area contributed by atoms with Gasteiger partial charge in [-0.3, -0.25) is 9.88 Å². The third-order valence-corrected chi connectivity index (χ3v) is 4.87. The Morgan fingerprint density at radius 2 is 1.00 bits per heavy atom. The summed E-state index contributed by atoms with van der Waals surface area (Å²) in [5.74, 6) is 0.532. The molecule has 2 rings (SSSR count). The summed E-state index contributed by atoms with van der Waals surface area (Å²) in [4.78, 5) is 0. The molecule has 0 N–H and O–H groups in total. The van der Waals surface area contributed by atoms with Crippen LogP contribution in [0.15, 0.2) is 60.7 Å². The summed E-state index contributed by atoms with van der Waals surface area (Å²) in [6.07, 6.45) is 7.16. The largest absolute Gasteiger partial charge is 0.270 e. The highest BCUT2D eigenvalue weighted by atomic mass is 32.3. The molecule has 0 saturated carbocycles. The normalized spacial score (nSPS) is 12.2. The Balaban J connectivity index is 2.48. The first-order valence-electron chi connectivity index (χ1n) is 5.86. The highest BCUT2D eigenvalue weighted by Crippen LogP contribution is 2.37. The monoisotopic (exact) mass is 242 g/mol. The summed E-state index contributed by atoms with van der Waals surface area (Å²) < 4.78 is 0. The summed E-state index contributed by atoms with van der Waals surface area (Å²) in [5, 5.41) is 0. The van der Waals surface area contributed by atoms with Crippen molar-refractivity contribution in [1.82, 2.24) is 0 Å². The van der Waals surface area contributed by atoms with Crippen molar-refractivity contribution in [2.45, 2.75) is 0 Å². The minimum atomic E-state index is -0.671. The Bertz CT molecular complexity index is 420. The van der Waals surface area contributed by atoms with Gasteiger partial charge in [0.1, 0.15) is 0 Å². The highest BCUT2D eigenvalue weighted by Gasteiger charge is 2.28. The van der Waals surface area contributed by atoms with Gasteiger partial charge in [-0.05, 0) is 18.8 Å². The van der Waals surface area contributed by atoms with Crippen LogP contribution in [-0.2, 0) is 0 Å². The van der Waals surface area contributed by atoms with Crippen LogP contribution in [0.3, 0.4) is 0 Å². The zero-order chi connectivity index (χ0) is 12.3. The van der Waals surface area contributed by atoms with Gasteiger partial charge in [0, 0.05) is 0 Å². The second kappa shape index (κ2) is 5.01. The van der Waals surface area contributed by atoms with Gasteiger partial charge < -0.3 is 0 Å². The van der Waals surface area contributed by atoms with Crippen molar-refractivity contribution in [3.8, 4) is 0 Å². The Morgan fingerprint density at radius 1 is 0.647 bits per heavy atom. The third kappa shape index (κ3) is 2.95. The Kier molecular flexibility index (Phi) is 3.63. The van der Waals surface area contributed by atoms with Crippen LogP contribution in [0.25, 0.3) is 0 Å². The molecule has 2 aromatic carbocycles. The first-order chi connectivity index (χ1) is 8.09. The van der Waals surface area contributed by atoms with E-state index in [1.807, 2.05) is 0 Å². The second-order valence-corrected chi connectivity index (χ2v) is 9.47. The zero-order valence-electron chi connectivity index (χ0n) is 10.8. The van der Waals surface area contributed by atoms with E-state index in [0.29, 0.717) is 5.99 Å². The fourth-order valence-corrected chi connectivity index (χ4v) is 4.21. The average Bonchev–Trinajstić information content (AvgIpc) is 2.30. The van der Waals surface area contributed by atoms with Crippen molar-refractivity contribution in [3.05, 3.63) is 60.7 Å². The second-order valence-electron chi connectivity index (χ2n) is 5.13. The average molecular weight is 242 g/mol. The minimum absolute atomic E-state index is 0.532. The van der Waals surface area contributed by atoms with Crippen molar-refractivity contribution in [2.75, 3.05) is 18.8 Å². The molecule has 0 heterocycles. The van der Waals surface area contributed by atoms with Crippen LogP contribution in [0, 0.1) is 0 Å². The standard InChI is InChI=1S/C15H19BS/c1-17(2,3)16(14-10-6-4-7-11-14)15-12-8-5-9-13-15/h4-13H,1-3H3. The molecule has 0 aliphatic heterocycles. The number of hydrogen-bond donors (Lipinski definition) is 0. The fraction of sp³-hybridized carbons (Fsp3) is 0.200. The minimum Gasteiger partial charge on any atom is -0.270 e. The van der Waals surface area contributed by atoms with E-state index in [-0.39, 0.29) is 0 Å². The van der Waals surface area contributed by atoms with Gasteiger partial charge >= 0.3 is 0 Å². The summed E-state index contributed by atoms with van der Waals surface area (Å²) in [6, 6.07) is 21.7. The van der Waals surface area contributed by atoms with E-state index in [9.17, 15) is 0 Å². The van der Waals surface area contributed by atoms with E-state index in [4.69, 9.17) is 0 Å². The molecule has 2 heteroatoms. The molecule has 0 fully saturated rings. The van der Waals surface area contributed by atoms with Gasteiger partial charge in [0.2, 0.25) is 0 Å². The van der Waals surface area contributed by atoms with Crippen molar-refractivity contribution in [2.24, 2.45) is 0 Å². The van der Waals surface area contributed by atoms with Gasteiger partial charge in [0.15, 0.2) is 0 Å². The maximum Gasteiger partial charge on any atom is 0.258 e. The van der Waals surface area contributed by atoms with E-state index in [0.717, 1.165) is 0 Å². The lowest BCUT2D eigenvalue weighted by atomic mass is 9.62. The number of hydrogen-bond acceptors (Lipinski definition) is 0. The van der Waals surface area contributed by atoms with Crippen molar-refractivity contribution < 1.29 is 0 Å². The van der Waals surface area contributed by atoms with Crippen molar-refractivity contribution in [3.63, 3.8) is 0 Å². The van der Waals surface area contributed by atoms with Gasteiger partial charge in [-0.15, -0.1) is 0 Å². The molecular weight excluding hydrogens is 223 g/mol. The first-order valence-corrected chi connectivity index (χ1v) is 8.78. The number of rotatable bonds is 3. The molecule has 0 bridgehead atoms. The fourth-order valence-electron chi connectivity index (χ4n) is 2.26. The maximum atomic E-state index is 2.39. The molecule has 0 aliphatic carbocycles. The van der Waals surface area contributed by atoms with Gasteiger partial charge in [-0.25, -0.2) is 0 Å². The smallest absolute Gasteiger partial charge is 0.258 e. The van der Waals surface area contributed by atoms with E-state index in [1.165, 1.54) is 10.9 Å². The summed E-state index contributed by atoms with van der Waals surface area (Å²) in [5.41, 5.74) is 2.86. The Hall–Kier alpha value is -1.15. The maximum absolute atomic E-state index is 2.39. The molecule has 0 nitrogen and oxygen atoms in total. The molecule has 0 amide bonds. The molecule has 0 unspecified atom stereocenters. The topological polar surface area (TPSA) is 0 Å². The molecule has 17 heavy (non-hydrogen) atoms. The van der Waals surface area contributed by atoms with Gasteiger partial charge in [-0.1, -0.05) is 71.6 Å². The quantitative estimate of drug-likeness (QED) is 0.725. The highest BCUT2D eigenvalue weighted by molar-refractivity contribution is 8.54. The molecule has 0 aromatic heterocycles. The van der Waals surface area contributed by atoms with Crippen LogP contribution in [0.1, 0.15) is 0 Å². The van der Waals surface area contributed by atoms with Gasteiger partial charge in [-0.2, -0.15) is 0 Å². The molecule has 0 atom stereocenters. The molecule has 0 aliphatic rings. The first kappa shape index (κ1) is 12.3. The van der Waals surface area contributed by atoms with E-state index < -0.39 is 9.88 Å². The van der Waals surface area contributed by atoms with Gasteiger partial charge in [0.25, 0.3) is 5.99 Å². The predicted octanol–water partition coefficient (Wildman–Crippen LogP) is 2.49. The van der Waals surface area contributed by atoms with Crippen LogP contribution >= 0.6 is 9.88 Å². The molecule has 0 spiro atoms. The Morgan fingerprint density at radius 3 is 1.29 bits per heavy atom. The lowest BCUT2D eigenvalue weighted by Crippen LogP contribution is -2.45. The van der Waals surface area contributed by atoms with Crippen molar-refractivity contribution >= 4 is 26.8 Å². The lowest BCUT2D eigenvalue weighted by Gasteiger charge is -2.34. The molecular formula is C15H19BS. The van der Waals surface area contributed by atoms with Crippen LogP contribution in [0.4, 0.5) is 0 Å². The lowest BCUT2D eigenvalue weighted by molar-refractivity contribution is 1.74. The van der Waals surface area contributed by atoms with E-state index in [2.05, 4.69) is 79.4 Å². The van der Waals surface area contributed by atoms with Crippen LogP contribution in [-0.4, -0.2) is 24.8 Å². The van der Waals surface area contributed by atoms with E-state index in [1.54, 1.807) is 0 Å². The Labute approximate surface area is 106 Å². The zero-order valence-corrected chi connectivity index (χ0v) is 11.6. The predicted molar refractivity (Wildman–Crippen MR) is 83.3 cm³/mol. The molecule has 88 valence electrons. The van der Waals surface area contributed by atoms with Crippen LogP contribution < -0.4 is 10.9 Å². The van der Waals surface area contributed by atoms with E-state index >= 15 is 0 Å². The molecule has 0 radical (unpaired) electrons. The van der Waals surface area contributed by atoms with Gasteiger partial charge in [0.05, 0.1) is 0 Å². The molecule has 0 saturated heterocycles. The summed E-state index contributed by atoms with van der Waals surface area (Å²) in [7, 11) is -0.671. The van der Waals surface area contributed by atoms with Crippen molar-refractivity contribution in [1.29, 1.82) is 0 Å². The van der Waals surface area contributed by atoms with Crippen LogP contribution in [0.2, 0.25) is 0 Å².